The molecular formula is C56H58B2Cl6S4. The van der Waals surface area contributed by atoms with Crippen LogP contribution in [-0.2, 0) is 0 Å². The fourth-order valence-electron chi connectivity index (χ4n) is 10.5. The Morgan fingerprint density at radius 1 is 0.309 bits per heavy atom. The summed E-state index contributed by atoms with van der Waals surface area (Å²) in [7, 11) is 0. The van der Waals surface area contributed by atoms with E-state index in [2.05, 4.69) is 182 Å². The Morgan fingerprint density at radius 2 is 0.529 bits per heavy atom. The molecule has 4 heterocycles. The van der Waals surface area contributed by atoms with Crippen LogP contribution in [0, 0.1) is 96.9 Å². The smallest absolute Gasteiger partial charge is 0.140 e. The molecule has 0 N–H and O–H groups in total. The molecule has 68 heavy (non-hydrogen) atoms. The number of hydrogen-bond donors (Lipinski definition) is 0. The van der Waals surface area contributed by atoms with E-state index in [1.807, 2.05) is 45.3 Å². The second kappa shape index (κ2) is 23.4. The molecule has 0 radical (unpaired) electrons. The molecule has 4 aromatic heterocycles. The van der Waals surface area contributed by atoms with Crippen LogP contribution in [-0.4, -0.2) is 22.0 Å². The molecule has 0 aliphatic carbocycles. The van der Waals surface area contributed by atoms with E-state index in [4.69, 9.17) is 69.6 Å². The normalized spacial score (nSPS) is 11.2. The van der Waals surface area contributed by atoms with E-state index in [0.717, 1.165) is 0 Å². The predicted octanol–water partition coefficient (Wildman–Crippen LogP) is 16.3. The fourth-order valence-corrected chi connectivity index (χ4v) is 14.9. The molecule has 354 valence electrons. The summed E-state index contributed by atoms with van der Waals surface area (Å²) in [5.74, 6) is 0. The van der Waals surface area contributed by atoms with Gasteiger partial charge >= 0.3 is 0 Å². The number of thiophene rings is 4. The van der Waals surface area contributed by atoms with Crippen LogP contribution >= 0.6 is 115 Å². The molecule has 0 nitrogen and oxygen atoms in total. The highest BCUT2D eigenvalue weighted by molar-refractivity contribution is 7.30. The summed E-state index contributed by atoms with van der Waals surface area (Å²) in [6.07, 6.45) is 0. The second-order valence-corrected chi connectivity index (χ2v) is 26.9. The molecule has 8 aromatic rings. The van der Waals surface area contributed by atoms with Gasteiger partial charge in [0.2, 0.25) is 13.4 Å². The lowest BCUT2D eigenvalue weighted by molar-refractivity contribution is 1.34. The molecule has 0 atom stereocenters. The summed E-state index contributed by atoms with van der Waals surface area (Å²) in [5.41, 5.74) is 24.8. The maximum atomic E-state index is 4.81. The standard InChI is InChI=1S/C54H56B2S4.2CHCl3/c1-29-19-33(5)49(34(6)20-29)55(50-35(7)21-30(2)22-36(50)8)43-27-47(59-53(43)45-17-15-41(13)57-45)48-28-44(54(60-48)46-18-16-42(14)58-46)56(51-37(9)23-31(3)24-38(51)10)52-39(11)25-32(4)26-40(52)12;2*2-1(3)4/h15-28H,1-14H3;2*1H. The first-order valence-electron chi connectivity index (χ1n) is 22.5. The first kappa shape index (κ1) is 54.9. The first-order chi connectivity index (χ1) is 31.9. The van der Waals surface area contributed by atoms with Crippen molar-refractivity contribution >= 4 is 161 Å². The van der Waals surface area contributed by atoms with Crippen molar-refractivity contribution in [1.82, 2.24) is 0 Å². The quantitative estimate of drug-likeness (QED) is 0.0998. The Bertz CT molecular complexity index is 2660. The van der Waals surface area contributed by atoms with Crippen molar-refractivity contribution in [3.05, 3.63) is 161 Å². The zero-order valence-corrected chi connectivity index (χ0v) is 49.1. The van der Waals surface area contributed by atoms with Gasteiger partial charge in [0.25, 0.3) is 0 Å². The van der Waals surface area contributed by atoms with Gasteiger partial charge in [-0.2, -0.15) is 0 Å². The third kappa shape index (κ3) is 12.8. The first-order valence-corrected chi connectivity index (χ1v) is 28.4. The lowest BCUT2D eigenvalue weighted by atomic mass is 9.34. The van der Waals surface area contributed by atoms with Gasteiger partial charge in [-0.05, 0) is 144 Å². The highest BCUT2D eigenvalue weighted by Gasteiger charge is 2.35. The molecule has 0 bridgehead atoms. The topological polar surface area (TPSA) is 0 Å². The molecule has 0 saturated carbocycles. The molecule has 0 aliphatic rings. The van der Waals surface area contributed by atoms with Crippen LogP contribution in [0.15, 0.2) is 84.9 Å². The molecule has 0 aliphatic heterocycles. The zero-order valence-electron chi connectivity index (χ0n) is 41.3. The van der Waals surface area contributed by atoms with Gasteiger partial charge in [0.05, 0.1) is 0 Å². The van der Waals surface area contributed by atoms with Gasteiger partial charge in [-0.25, -0.2) is 0 Å². The Kier molecular flexibility index (Phi) is 18.9. The van der Waals surface area contributed by atoms with E-state index in [1.165, 1.54) is 139 Å². The van der Waals surface area contributed by atoms with E-state index in [0.29, 0.717) is 0 Å². The van der Waals surface area contributed by atoms with Crippen LogP contribution in [0.5, 0.6) is 0 Å². The maximum absolute atomic E-state index is 4.81. The summed E-state index contributed by atoms with van der Waals surface area (Å²) in [6.45, 7) is 32.2. The van der Waals surface area contributed by atoms with Crippen LogP contribution < -0.4 is 32.8 Å². The Morgan fingerprint density at radius 3 is 0.721 bits per heavy atom. The van der Waals surface area contributed by atoms with Gasteiger partial charge in [0.1, 0.15) is 0 Å². The highest BCUT2D eigenvalue weighted by atomic mass is 35.6. The zero-order chi connectivity index (χ0) is 50.0. The molecular weight excluding hydrogens is 1040 g/mol. The summed E-state index contributed by atoms with van der Waals surface area (Å²) in [4.78, 5) is 10.9. The van der Waals surface area contributed by atoms with E-state index in [9.17, 15) is 0 Å². The average Bonchev–Trinajstić information content (AvgIpc) is 4.01. The molecule has 0 fully saturated rings. The second-order valence-electron chi connectivity index (χ2n) is 18.2. The van der Waals surface area contributed by atoms with Crippen LogP contribution in [0.1, 0.15) is 76.5 Å². The minimum absolute atomic E-state index is 0.0934. The van der Waals surface area contributed by atoms with Crippen LogP contribution in [0.25, 0.3) is 29.3 Å². The Hall–Kier alpha value is -2.45. The number of halogens is 6. The van der Waals surface area contributed by atoms with E-state index >= 15 is 0 Å². The molecule has 0 spiro atoms. The Balaban J connectivity index is 0.000000883. The third-order valence-electron chi connectivity index (χ3n) is 12.4. The molecule has 0 saturated heterocycles. The molecule has 12 heteroatoms. The largest absolute Gasteiger partial charge is 0.244 e. The lowest BCUT2D eigenvalue weighted by Crippen LogP contribution is -2.56. The predicted molar refractivity (Wildman–Crippen MR) is 318 cm³/mol. The SMILES string of the molecule is Cc1cc(C)c(B(c2cc(-c3cc(B(c4c(C)cc(C)cc4C)c4c(C)cc(C)cc4C)c(-c4ccc(C)s4)s3)sc2-c2ccc(C)s2)c2c(C)cc(C)cc2C)c(C)c1.ClC(Cl)Cl.ClC(Cl)Cl. The molecule has 0 amide bonds. The van der Waals surface area contributed by atoms with Gasteiger partial charge in [0, 0.05) is 39.0 Å². The number of alkyl halides is 6. The number of rotatable bonds is 9. The van der Waals surface area contributed by atoms with Crippen molar-refractivity contribution in [2.24, 2.45) is 0 Å². The van der Waals surface area contributed by atoms with Gasteiger partial charge in [-0.1, -0.05) is 207 Å². The number of benzene rings is 4. The van der Waals surface area contributed by atoms with E-state index < -0.39 is 8.59 Å². The summed E-state index contributed by atoms with van der Waals surface area (Å²) >= 11 is 36.7. The summed E-state index contributed by atoms with van der Waals surface area (Å²) in [5, 5.41) is 0. The van der Waals surface area contributed by atoms with Crippen molar-refractivity contribution in [2.75, 3.05) is 0 Å². The molecule has 4 aromatic carbocycles. The average molecular weight is 1090 g/mol. The number of aryl methyl sites for hydroxylation is 14. The van der Waals surface area contributed by atoms with Gasteiger partial charge < -0.3 is 0 Å². The molecule has 0 unspecified atom stereocenters. The number of hydrogen-bond acceptors (Lipinski definition) is 4. The molecule has 8 rings (SSSR count). The third-order valence-corrected chi connectivity index (χ3v) is 17.3. The highest BCUT2D eigenvalue weighted by Crippen LogP contribution is 2.42. The maximum Gasteiger partial charge on any atom is 0.244 e. The van der Waals surface area contributed by atoms with Crippen LogP contribution in [0.2, 0.25) is 0 Å². The van der Waals surface area contributed by atoms with Crippen LogP contribution in [0.4, 0.5) is 0 Å². The van der Waals surface area contributed by atoms with Crippen molar-refractivity contribution in [2.45, 2.75) is 106 Å². The minimum atomic E-state index is -0.750. The van der Waals surface area contributed by atoms with Gasteiger partial charge in [0.15, 0.2) is 8.59 Å². The monoisotopic (exact) mass is 1090 g/mol. The van der Waals surface area contributed by atoms with Crippen LogP contribution in [0.3, 0.4) is 0 Å². The van der Waals surface area contributed by atoms with Crippen molar-refractivity contribution < 1.29 is 0 Å². The summed E-state index contributed by atoms with van der Waals surface area (Å²) in [6, 6.07) is 33.6. The van der Waals surface area contributed by atoms with E-state index in [1.54, 1.807) is 0 Å². The van der Waals surface area contributed by atoms with Crippen molar-refractivity contribution in [1.29, 1.82) is 0 Å². The summed E-state index contributed by atoms with van der Waals surface area (Å²) < 4.78 is -1.50. The van der Waals surface area contributed by atoms with Crippen molar-refractivity contribution in [3.63, 3.8) is 0 Å². The Labute approximate surface area is 453 Å². The lowest BCUT2D eigenvalue weighted by Gasteiger charge is -2.24. The van der Waals surface area contributed by atoms with Crippen molar-refractivity contribution in [3.8, 4) is 29.3 Å². The van der Waals surface area contributed by atoms with Gasteiger partial charge in [-0.3, -0.25) is 0 Å². The fraction of sp³-hybridized carbons (Fsp3) is 0.286. The van der Waals surface area contributed by atoms with Gasteiger partial charge in [-0.15, -0.1) is 45.3 Å². The van der Waals surface area contributed by atoms with E-state index in [-0.39, 0.29) is 13.4 Å². The minimum Gasteiger partial charge on any atom is -0.140 e.